The first-order valence-electron chi connectivity index (χ1n) is 6.69. The number of hydrogen-bond donors (Lipinski definition) is 1. The van der Waals surface area contributed by atoms with Crippen LogP contribution in [0.4, 0.5) is 10.1 Å². The summed E-state index contributed by atoms with van der Waals surface area (Å²) in [6.07, 6.45) is 0. The minimum atomic E-state index is -0.251. The van der Waals surface area contributed by atoms with Crippen molar-refractivity contribution in [3.8, 4) is 5.75 Å². The lowest BCUT2D eigenvalue weighted by molar-refractivity contribution is 0.260. The summed E-state index contributed by atoms with van der Waals surface area (Å²) in [5, 5.41) is 3.31. The normalized spacial score (nSPS) is 15.9. The summed E-state index contributed by atoms with van der Waals surface area (Å²) < 4.78 is 19.1. The van der Waals surface area contributed by atoms with Crippen LogP contribution in [0.25, 0.3) is 0 Å². The molecule has 0 aliphatic carbocycles. The molecule has 1 N–H and O–H groups in total. The number of benzene rings is 1. The molecule has 0 amide bonds. The Morgan fingerprint density at radius 2 is 2.05 bits per heavy atom. The topological polar surface area (TPSA) is 27.7 Å². The fraction of sp³-hybridized carbons (Fsp3) is 0.571. The number of nitrogens with one attached hydrogen (secondary N) is 1. The Balaban J connectivity index is 2.08. The van der Waals surface area contributed by atoms with Crippen LogP contribution in [0.1, 0.15) is 0 Å². The van der Waals surface area contributed by atoms with Gasteiger partial charge in [-0.05, 0) is 26.2 Å². The highest BCUT2D eigenvalue weighted by Gasteiger charge is 2.15. The maximum absolute atomic E-state index is 13.4. The third-order valence-corrected chi connectivity index (χ3v) is 3.18. The minimum Gasteiger partial charge on any atom is -0.490 e. The van der Waals surface area contributed by atoms with Gasteiger partial charge in [-0.2, -0.15) is 0 Å². The smallest absolute Gasteiger partial charge is 0.145 e. The zero-order chi connectivity index (χ0) is 13.7. The van der Waals surface area contributed by atoms with Crippen LogP contribution in [0, 0.1) is 5.82 Å². The molecule has 1 aromatic rings. The van der Waals surface area contributed by atoms with Crippen LogP contribution in [-0.4, -0.2) is 58.3 Å². The minimum absolute atomic E-state index is 0.251. The van der Waals surface area contributed by atoms with Gasteiger partial charge < -0.3 is 19.9 Å². The van der Waals surface area contributed by atoms with Gasteiger partial charge in [0.1, 0.15) is 18.2 Å². The van der Waals surface area contributed by atoms with Crippen molar-refractivity contribution in [3.63, 3.8) is 0 Å². The number of halogens is 1. The van der Waals surface area contributed by atoms with Crippen molar-refractivity contribution in [2.45, 2.75) is 0 Å². The highest BCUT2D eigenvalue weighted by Crippen LogP contribution is 2.29. The number of nitrogens with zero attached hydrogens (tertiary/aromatic N) is 2. The van der Waals surface area contributed by atoms with Crippen LogP contribution >= 0.6 is 0 Å². The number of likely N-dealkylation sites (N-methyl/N-ethyl adjacent to an activating group) is 1. The molecule has 0 atom stereocenters. The SMILES string of the molecule is CN(C)CCOc1cc(F)ccc1N1CCNCC1. The Hall–Kier alpha value is -1.33. The lowest BCUT2D eigenvalue weighted by atomic mass is 10.2. The van der Waals surface area contributed by atoms with Crippen molar-refractivity contribution >= 4 is 5.69 Å². The first kappa shape index (κ1) is 14.1. The number of ether oxygens (including phenoxy) is 1. The van der Waals surface area contributed by atoms with Gasteiger partial charge in [0.25, 0.3) is 0 Å². The van der Waals surface area contributed by atoms with E-state index >= 15 is 0 Å². The molecule has 1 aliphatic heterocycles. The van der Waals surface area contributed by atoms with Gasteiger partial charge in [-0.15, -0.1) is 0 Å². The monoisotopic (exact) mass is 267 g/mol. The molecule has 0 spiro atoms. The average molecular weight is 267 g/mol. The molecular formula is C14H22FN3O. The van der Waals surface area contributed by atoms with Gasteiger partial charge in [-0.1, -0.05) is 0 Å². The molecular weight excluding hydrogens is 245 g/mol. The van der Waals surface area contributed by atoms with Crippen LogP contribution < -0.4 is 15.0 Å². The van der Waals surface area contributed by atoms with Gasteiger partial charge in [-0.25, -0.2) is 4.39 Å². The first-order chi connectivity index (χ1) is 9.16. The van der Waals surface area contributed by atoms with Crippen molar-refractivity contribution in [2.24, 2.45) is 0 Å². The summed E-state index contributed by atoms with van der Waals surface area (Å²) in [5.41, 5.74) is 0.988. The molecule has 19 heavy (non-hydrogen) atoms. The van der Waals surface area contributed by atoms with Gasteiger partial charge in [-0.3, -0.25) is 0 Å². The molecule has 0 bridgehead atoms. The third-order valence-electron chi connectivity index (χ3n) is 3.18. The molecule has 0 unspecified atom stereocenters. The average Bonchev–Trinajstić information content (AvgIpc) is 2.39. The second kappa shape index (κ2) is 6.73. The van der Waals surface area contributed by atoms with Gasteiger partial charge >= 0.3 is 0 Å². The van der Waals surface area contributed by atoms with Gasteiger partial charge in [0, 0.05) is 38.8 Å². The first-order valence-corrected chi connectivity index (χ1v) is 6.69. The predicted molar refractivity (Wildman–Crippen MR) is 75.5 cm³/mol. The van der Waals surface area contributed by atoms with Crippen molar-refractivity contribution in [1.29, 1.82) is 0 Å². The van der Waals surface area contributed by atoms with E-state index in [0.29, 0.717) is 12.4 Å². The maximum Gasteiger partial charge on any atom is 0.145 e. The van der Waals surface area contributed by atoms with E-state index in [1.165, 1.54) is 12.1 Å². The van der Waals surface area contributed by atoms with Gasteiger partial charge in [0.05, 0.1) is 5.69 Å². The van der Waals surface area contributed by atoms with Crippen molar-refractivity contribution in [2.75, 3.05) is 58.3 Å². The molecule has 1 aromatic carbocycles. The van der Waals surface area contributed by atoms with E-state index in [1.807, 2.05) is 25.1 Å². The molecule has 1 aliphatic rings. The number of rotatable bonds is 5. The fourth-order valence-electron chi connectivity index (χ4n) is 2.11. The summed E-state index contributed by atoms with van der Waals surface area (Å²) >= 11 is 0. The number of hydrogen-bond acceptors (Lipinski definition) is 4. The third kappa shape index (κ3) is 4.08. The van der Waals surface area contributed by atoms with Crippen LogP contribution in [0.2, 0.25) is 0 Å². The second-order valence-electron chi connectivity index (χ2n) is 5.00. The van der Waals surface area contributed by atoms with E-state index in [-0.39, 0.29) is 5.82 Å². The van der Waals surface area contributed by atoms with E-state index in [4.69, 9.17) is 4.74 Å². The molecule has 2 rings (SSSR count). The quantitative estimate of drug-likeness (QED) is 0.867. The number of anilines is 1. The zero-order valence-electron chi connectivity index (χ0n) is 11.7. The maximum atomic E-state index is 13.4. The standard InChI is InChI=1S/C14H22FN3O/c1-17(2)9-10-19-14-11-12(15)3-4-13(14)18-7-5-16-6-8-18/h3-4,11,16H,5-10H2,1-2H3. The second-order valence-corrected chi connectivity index (χ2v) is 5.00. The Morgan fingerprint density at radius 3 is 2.74 bits per heavy atom. The van der Waals surface area contributed by atoms with E-state index in [1.54, 1.807) is 0 Å². The Bertz CT molecular complexity index is 406. The predicted octanol–water partition coefficient (Wildman–Crippen LogP) is 1.18. The lowest BCUT2D eigenvalue weighted by Crippen LogP contribution is -2.43. The van der Waals surface area contributed by atoms with Crippen molar-refractivity contribution < 1.29 is 9.13 Å². The van der Waals surface area contributed by atoms with E-state index in [0.717, 1.165) is 38.4 Å². The zero-order valence-corrected chi connectivity index (χ0v) is 11.7. The highest BCUT2D eigenvalue weighted by molar-refractivity contribution is 5.59. The van der Waals surface area contributed by atoms with Gasteiger partial charge in [0.15, 0.2) is 0 Å². The summed E-state index contributed by atoms with van der Waals surface area (Å²) in [5.74, 6) is 0.391. The molecule has 1 saturated heterocycles. The summed E-state index contributed by atoms with van der Waals surface area (Å²) in [7, 11) is 3.98. The summed E-state index contributed by atoms with van der Waals surface area (Å²) in [6.45, 7) is 5.14. The van der Waals surface area contributed by atoms with E-state index < -0.39 is 0 Å². The van der Waals surface area contributed by atoms with Crippen molar-refractivity contribution in [1.82, 2.24) is 10.2 Å². The molecule has 0 aromatic heterocycles. The van der Waals surface area contributed by atoms with Gasteiger partial charge in [0.2, 0.25) is 0 Å². The molecule has 5 heteroatoms. The van der Waals surface area contributed by atoms with Crippen LogP contribution in [0.3, 0.4) is 0 Å². The molecule has 0 radical (unpaired) electrons. The molecule has 1 heterocycles. The highest BCUT2D eigenvalue weighted by atomic mass is 19.1. The Labute approximate surface area is 114 Å². The van der Waals surface area contributed by atoms with E-state index in [2.05, 4.69) is 10.2 Å². The Kier molecular flexibility index (Phi) is 4.99. The molecule has 106 valence electrons. The molecule has 4 nitrogen and oxygen atoms in total. The van der Waals surface area contributed by atoms with Crippen molar-refractivity contribution in [3.05, 3.63) is 24.0 Å². The lowest BCUT2D eigenvalue weighted by Gasteiger charge is -2.30. The molecule has 1 fully saturated rings. The Morgan fingerprint density at radius 1 is 1.32 bits per heavy atom. The summed E-state index contributed by atoms with van der Waals surface area (Å²) in [6, 6.07) is 4.79. The van der Waals surface area contributed by atoms with Crippen LogP contribution in [0.15, 0.2) is 18.2 Å². The largest absolute Gasteiger partial charge is 0.490 e. The van der Waals surface area contributed by atoms with E-state index in [9.17, 15) is 4.39 Å². The fourth-order valence-corrected chi connectivity index (χ4v) is 2.11. The van der Waals surface area contributed by atoms with Crippen LogP contribution in [-0.2, 0) is 0 Å². The van der Waals surface area contributed by atoms with Crippen LogP contribution in [0.5, 0.6) is 5.75 Å². The molecule has 0 saturated carbocycles. The summed E-state index contributed by atoms with van der Waals surface area (Å²) in [4.78, 5) is 4.28. The number of piperazine rings is 1.